The summed E-state index contributed by atoms with van der Waals surface area (Å²) in [4.78, 5) is 34.7. The summed E-state index contributed by atoms with van der Waals surface area (Å²) >= 11 is 0. The lowest BCUT2D eigenvalue weighted by atomic mass is 10.0. The molecule has 2 aromatic rings. The highest BCUT2D eigenvalue weighted by Gasteiger charge is 2.19. The molecule has 6 heteroatoms. The van der Waals surface area contributed by atoms with E-state index in [1.54, 1.807) is 18.2 Å². The van der Waals surface area contributed by atoms with Crippen LogP contribution in [0.3, 0.4) is 0 Å². The van der Waals surface area contributed by atoms with Crippen LogP contribution < -0.4 is 0 Å². The van der Waals surface area contributed by atoms with Crippen molar-refractivity contribution in [2.75, 3.05) is 0 Å². The van der Waals surface area contributed by atoms with E-state index in [0.717, 1.165) is 17.2 Å². The number of Topliss-reactive ketones (excluding diaryl/α,β-unsaturated/α-hetero) is 1. The average Bonchev–Trinajstić information content (AvgIpc) is 2.61. The Balaban J connectivity index is 2.06. The zero-order valence-electron chi connectivity index (χ0n) is 14.8. The van der Waals surface area contributed by atoms with Crippen molar-refractivity contribution in [1.82, 2.24) is 0 Å². The van der Waals surface area contributed by atoms with Crippen LogP contribution in [-0.2, 0) is 9.53 Å². The Kier molecular flexibility index (Phi) is 6.01. The van der Waals surface area contributed by atoms with Crippen molar-refractivity contribution >= 4 is 23.5 Å². The smallest absolute Gasteiger partial charge is 0.331 e. The van der Waals surface area contributed by atoms with Crippen LogP contribution in [0.15, 0.2) is 48.5 Å². The van der Waals surface area contributed by atoms with Gasteiger partial charge in [-0.25, -0.2) is 4.79 Å². The zero-order chi connectivity index (χ0) is 19.3. The SMILES string of the molecule is Cc1ccc(C(=O)[C@H](C)OC(=O)/C=C/c2ccccc2[N+](=O)[O-])cc1C. The number of nitrogens with zero attached hydrogens (tertiary/aromatic N) is 1. The number of hydrogen-bond acceptors (Lipinski definition) is 5. The predicted molar refractivity (Wildman–Crippen MR) is 97.9 cm³/mol. The number of carbonyl (C=O) groups excluding carboxylic acids is 2. The van der Waals surface area contributed by atoms with E-state index in [-0.39, 0.29) is 17.0 Å². The van der Waals surface area contributed by atoms with E-state index < -0.39 is 17.0 Å². The maximum absolute atomic E-state index is 12.4. The lowest BCUT2D eigenvalue weighted by Gasteiger charge is -2.12. The van der Waals surface area contributed by atoms with Crippen molar-refractivity contribution < 1.29 is 19.2 Å². The minimum Gasteiger partial charge on any atom is -0.451 e. The minimum absolute atomic E-state index is 0.115. The Labute approximate surface area is 151 Å². The van der Waals surface area contributed by atoms with E-state index in [4.69, 9.17) is 4.74 Å². The number of benzene rings is 2. The maximum atomic E-state index is 12.4. The van der Waals surface area contributed by atoms with E-state index in [9.17, 15) is 19.7 Å². The summed E-state index contributed by atoms with van der Waals surface area (Å²) in [7, 11) is 0. The fourth-order valence-electron chi connectivity index (χ4n) is 2.35. The first-order chi connectivity index (χ1) is 12.3. The molecule has 6 nitrogen and oxygen atoms in total. The third kappa shape index (κ3) is 4.63. The first kappa shape index (κ1) is 19.1. The van der Waals surface area contributed by atoms with Crippen molar-refractivity contribution in [3.8, 4) is 0 Å². The molecule has 0 radical (unpaired) electrons. The van der Waals surface area contributed by atoms with Gasteiger partial charge in [0.05, 0.1) is 10.5 Å². The van der Waals surface area contributed by atoms with Crippen LogP contribution in [0.25, 0.3) is 6.08 Å². The zero-order valence-corrected chi connectivity index (χ0v) is 14.8. The monoisotopic (exact) mass is 353 g/mol. The number of carbonyl (C=O) groups is 2. The average molecular weight is 353 g/mol. The number of ketones is 1. The lowest BCUT2D eigenvalue weighted by molar-refractivity contribution is -0.385. The second-order valence-corrected chi connectivity index (χ2v) is 5.89. The molecule has 0 spiro atoms. The molecular formula is C20H19NO5. The summed E-state index contributed by atoms with van der Waals surface area (Å²) in [5.74, 6) is -1.05. The molecular weight excluding hydrogens is 334 g/mol. The summed E-state index contributed by atoms with van der Waals surface area (Å²) < 4.78 is 5.11. The van der Waals surface area contributed by atoms with Crippen molar-refractivity contribution in [1.29, 1.82) is 0 Å². The van der Waals surface area contributed by atoms with Gasteiger partial charge in [0.1, 0.15) is 0 Å². The normalized spacial score (nSPS) is 12.0. The molecule has 0 aromatic heterocycles. The molecule has 0 aliphatic rings. The van der Waals surface area contributed by atoms with Crippen molar-refractivity contribution in [2.24, 2.45) is 0 Å². The van der Waals surface area contributed by atoms with Gasteiger partial charge in [-0.15, -0.1) is 0 Å². The van der Waals surface area contributed by atoms with Crippen molar-refractivity contribution in [2.45, 2.75) is 26.9 Å². The first-order valence-electron chi connectivity index (χ1n) is 8.03. The number of hydrogen-bond donors (Lipinski definition) is 0. The fraction of sp³-hybridized carbons (Fsp3) is 0.200. The summed E-state index contributed by atoms with van der Waals surface area (Å²) in [5, 5.41) is 11.0. The summed E-state index contributed by atoms with van der Waals surface area (Å²) in [6.45, 7) is 5.34. The van der Waals surface area contributed by atoms with Crippen LogP contribution in [0.5, 0.6) is 0 Å². The van der Waals surface area contributed by atoms with E-state index >= 15 is 0 Å². The lowest BCUT2D eigenvalue weighted by Crippen LogP contribution is -2.23. The van der Waals surface area contributed by atoms with Crippen molar-refractivity contribution in [3.63, 3.8) is 0 Å². The number of aryl methyl sites for hydroxylation is 2. The van der Waals surface area contributed by atoms with Gasteiger partial charge in [0.25, 0.3) is 5.69 Å². The maximum Gasteiger partial charge on any atom is 0.331 e. The second kappa shape index (κ2) is 8.20. The number of nitro groups is 1. The highest BCUT2D eigenvalue weighted by molar-refractivity contribution is 6.01. The van der Waals surface area contributed by atoms with Crippen molar-refractivity contribution in [3.05, 3.63) is 80.9 Å². The van der Waals surface area contributed by atoms with Gasteiger partial charge >= 0.3 is 5.97 Å². The molecule has 0 bridgehead atoms. The topological polar surface area (TPSA) is 86.5 Å². The van der Waals surface area contributed by atoms with Gasteiger partial charge in [0, 0.05) is 17.7 Å². The third-order valence-corrected chi connectivity index (χ3v) is 3.99. The number of para-hydroxylation sites is 1. The summed E-state index contributed by atoms with van der Waals surface area (Å²) in [6, 6.07) is 11.3. The molecule has 0 saturated heterocycles. The second-order valence-electron chi connectivity index (χ2n) is 5.89. The molecule has 0 aliphatic carbocycles. The molecule has 134 valence electrons. The number of rotatable bonds is 6. The first-order valence-corrected chi connectivity index (χ1v) is 8.03. The Hall–Kier alpha value is -3.28. The summed E-state index contributed by atoms with van der Waals surface area (Å²) in [5.41, 5.74) is 2.68. The quantitative estimate of drug-likeness (QED) is 0.257. The molecule has 1 atom stereocenters. The van der Waals surface area contributed by atoms with E-state index in [1.807, 2.05) is 19.9 Å². The van der Waals surface area contributed by atoms with Crippen LogP contribution in [0.1, 0.15) is 34.0 Å². The van der Waals surface area contributed by atoms with Gasteiger partial charge in [0.15, 0.2) is 6.10 Å². The van der Waals surface area contributed by atoms with Gasteiger partial charge in [0.2, 0.25) is 5.78 Å². The molecule has 0 fully saturated rings. The number of nitro benzene ring substituents is 1. The van der Waals surface area contributed by atoms with Gasteiger partial charge in [-0.1, -0.05) is 24.3 Å². The fourth-order valence-corrected chi connectivity index (χ4v) is 2.35. The van der Waals surface area contributed by atoms with Gasteiger partial charge in [-0.3, -0.25) is 14.9 Å². The minimum atomic E-state index is -0.958. The van der Waals surface area contributed by atoms with Gasteiger partial charge in [-0.05, 0) is 50.1 Å². The Bertz CT molecular complexity index is 886. The Morgan fingerprint density at radius 1 is 1.12 bits per heavy atom. The van der Waals surface area contributed by atoms with Crippen LogP contribution in [0.4, 0.5) is 5.69 Å². The largest absolute Gasteiger partial charge is 0.451 e. The summed E-state index contributed by atoms with van der Waals surface area (Å²) in [6.07, 6.45) is 1.42. The van der Waals surface area contributed by atoms with E-state index in [2.05, 4.69) is 0 Å². The molecule has 2 rings (SSSR count). The van der Waals surface area contributed by atoms with Crippen LogP contribution in [-0.4, -0.2) is 22.8 Å². The van der Waals surface area contributed by atoms with Gasteiger partial charge < -0.3 is 4.74 Å². The molecule has 26 heavy (non-hydrogen) atoms. The molecule has 0 N–H and O–H groups in total. The highest BCUT2D eigenvalue weighted by atomic mass is 16.6. The standard InChI is InChI=1S/C20H19NO5/c1-13-8-9-17(12-14(13)2)20(23)15(3)26-19(22)11-10-16-6-4-5-7-18(16)21(24)25/h4-12,15H,1-3H3/b11-10+/t15-/m0/s1. The Morgan fingerprint density at radius 3 is 2.46 bits per heavy atom. The van der Waals surface area contributed by atoms with Crippen LogP contribution >= 0.6 is 0 Å². The van der Waals surface area contributed by atoms with Gasteiger partial charge in [-0.2, -0.15) is 0 Å². The number of esters is 1. The Morgan fingerprint density at radius 2 is 1.81 bits per heavy atom. The third-order valence-electron chi connectivity index (χ3n) is 3.99. The van der Waals surface area contributed by atoms with E-state index in [0.29, 0.717) is 5.56 Å². The molecule has 0 amide bonds. The molecule has 0 heterocycles. The molecule has 2 aromatic carbocycles. The highest BCUT2D eigenvalue weighted by Crippen LogP contribution is 2.19. The molecule has 0 unspecified atom stereocenters. The molecule has 0 saturated carbocycles. The van der Waals surface area contributed by atoms with E-state index in [1.165, 1.54) is 31.2 Å². The number of ether oxygens (including phenoxy) is 1. The van der Waals surface area contributed by atoms with Crippen LogP contribution in [0, 0.1) is 24.0 Å². The van der Waals surface area contributed by atoms with Crippen LogP contribution in [0.2, 0.25) is 0 Å². The molecule has 0 aliphatic heterocycles. The predicted octanol–water partition coefficient (Wildman–Crippen LogP) is 4.04.